The summed E-state index contributed by atoms with van der Waals surface area (Å²) in [5, 5.41) is 13.5. The first kappa shape index (κ1) is 19.0. The Morgan fingerprint density at radius 2 is 1.90 bits per heavy atom. The molecule has 1 aromatic carbocycles. The number of rotatable bonds is 4. The highest BCUT2D eigenvalue weighted by Crippen LogP contribution is 2.25. The van der Waals surface area contributed by atoms with E-state index in [-0.39, 0.29) is 11.8 Å². The molecule has 0 saturated carbocycles. The maximum Gasteiger partial charge on any atom is 0.227 e. The van der Waals surface area contributed by atoms with Crippen LogP contribution in [0.4, 0.5) is 11.5 Å². The van der Waals surface area contributed by atoms with E-state index in [2.05, 4.69) is 25.4 Å². The van der Waals surface area contributed by atoms with Crippen LogP contribution < -0.4 is 10.2 Å². The van der Waals surface area contributed by atoms with E-state index in [0.717, 1.165) is 53.7 Å². The van der Waals surface area contributed by atoms with Gasteiger partial charge in [0.2, 0.25) is 5.91 Å². The van der Waals surface area contributed by atoms with Crippen LogP contribution in [-0.2, 0) is 4.79 Å². The molecule has 5 rings (SSSR count). The Bertz CT molecular complexity index is 1130. The fraction of sp³-hybridized carbons (Fsp3) is 0.238. The molecule has 0 unspecified atom stereocenters. The van der Waals surface area contributed by atoms with Gasteiger partial charge in [-0.15, -0.1) is 21.5 Å². The highest BCUT2D eigenvalue weighted by molar-refractivity contribution is 7.15. The van der Waals surface area contributed by atoms with Crippen molar-refractivity contribution >= 4 is 45.3 Å². The number of carbonyl (C=O) groups excluding carboxylic acids is 1. The highest BCUT2D eigenvalue weighted by Gasteiger charge is 2.26. The molecule has 1 fully saturated rings. The molecule has 1 aliphatic rings. The third kappa shape index (κ3) is 3.88. The van der Waals surface area contributed by atoms with Crippen LogP contribution in [0.15, 0.2) is 54.2 Å². The average molecular weight is 439 g/mol. The number of piperidine rings is 1. The third-order valence-corrected chi connectivity index (χ3v) is 6.32. The Morgan fingerprint density at radius 3 is 2.60 bits per heavy atom. The molecule has 152 valence electrons. The van der Waals surface area contributed by atoms with Crippen molar-refractivity contribution in [1.82, 2.24) is 19.6 Å². The topological polar surface area (TPSA) is 75.4 Å². The van der Waals surface area contributed by atoms with Crippen molar-refractivity contribution in [3.8, 4) is 11.3 Å². The van der Waals surface area contributed by atoms with Crippen LogP contribution in [0.2, 0.25) is 5.15 Å². The molecule has 1 amide bonds. The second-order valence-corrected chi connectivity index (χ2v) is 8.52. The van der Waals surface area contributed by atoms with Crippen molar-refractivity contribution in [2.45, 2.75) is 12.8 Å². The van der Waals surface area contributed by atoms with Crippen LogP contribution in [0.25, 0.3) is 16.2 Å². The van der Waals surface area contributed by atoms with E-state index in [1.165, 1.54) is 0 Å². The van der Waals surface area contributed by atoms with E-state index in [1.807, 2.05) is 52.5 Å². The van der Waals surface area contributed by atoms with Crippen molar-refractivity contribution in [1.29, 1.82) is 0 Å². The summed E-state index contributed by atoms with van der Waals surface area (Å²) in [7, 11) is 0. The first-order chi connectivity index (χ1) is 14.7. The maximum atomic E-state index is 12.7. The van der Waals surface area contributed by atoms with Gasteiger partial charge in [0.25, 0.3) is 0 Å². The lowest BCUT2D eigenvalue weighted by Crippen LogP contribution is -2.38. The second-order valence-electron chi connectivity index (χ2n) is 7.26. The van der Waals surface area contributed by atoms with Gasteiger partial charge in [0.15, 0.2) is 15.9 Å². The average Bonchev–Trinajstić information content (AvgIpc) is 3.37. The zero-order valence-corrected chi connectivity index (χ0v) is 17.6. The Kier molecular flexibility index (Phi) is 5.10. The summed E-state index contributed by atoms with van der Waals surface area (Å²) < 4.78 is 2.01. The predicted octanol–water partition coefficient (Wildman–Crippen LogP) is 4.36. The standard InChI is InChI=1S/C21H19ClN6OS/c22-18-5-6-19(26-25-18)27-9-7-15(8-10-27)20(29)23-16-3-1-14(2-4-16)17-13-28-11-12-30-21(28)24-17/h1-6,11-13,15H,7-10H2,(H,23,29). The predicted molar refractivity (Wildman–Crippen MR) is 119 cm³/mol. The second kappa shape index (κ2) is 8.04. The molecule has 3 aromatic heterocycles. The number of fused-ring (bicyclic) bond motifs is 1. The van der Waals surface area contributed by atoms with E-state index < -0.39 is 0 Å². The van der Waals surface area contributed by atoms with Crippen LogP contribution in [0, 0.1) is 5.92 Å². The Hall–Kier alpha value is -2.97. The lowest BCUT2D eigenvalue weighted by Gasteiger charge is -2.31. The van der Waals surface area contributed by atoms with E-state index in [0.29, 0.717) is 5.15 Å². The Morgan fingerprint density at radius 1 is 1.10 bits per heavy atom. The molecule has 7 nitrogen and oxygen atoms in total. The molecule has 0 radical (unpaired) electrons. The van der Waals surface area contributed by atoms with Gasteiger partial charge < -0.3 is 10.2 Å². The van der Waals surface area contributed by atoms with Crippen molar-refractivity contribution in [3.05, 3.63) is 59.3 Å². The van der Waals surface area contributed by atoms with Gasteiger partial charge in [-0.1, -0.05) is 23.7 Å². The molecule has 1 saturated heterocycles. The molecule has 1 N–H and O–H groups in total. The quantitative estimate of drug-likeness (QED) is 0.512. The Labute approximate surface area is 182 Å². The van der Waals surface area contributed by atoms with Gasteiger partial charge in [0.1, 0.15) is 0 Å². The number of halogens is 1. The highest BCUT2D eigenvalue weighted by atomic mass is 35.5. The molecule has 0 spiro atoms. The normalized spacial score (nSPS) is 14.9. The number of thiazole rings is 1. The van der Waals surface area contributed by atoms with Crippen molar-refractivity contribution in [2.24, 2.45) is 5.92 Å². The van der Waals surface area contributed by atoms with Crippen LogP contribution in [0.1, 0.15) is 12.8 Å². The molecule has 0 atom stereocenters. The molecule has 9 heteroatoms. The molecular weight excluding hydrogens is 420 g/mol. The zero-order chi connectivity index (χ0) is 20.5. The number of hydrogen-bond donors (Lipinski definition) is 1. The number of benzene rings is 1. The number of hydrogen-bond acceptors (Lipinski definition) is 6. The summed E-state index contributed by atoms with van der Waals surface area (Å²) in [5.41, 5.74) is 2.76. The monoisotopic (exact) mass is 438 g/mol. The minimum Gasteiger partial charge on any atom is -0.355 e. The summed E-state index contributed by atoms with van der Waals surface area (Å²) in [6.45, 7) is 1.54. The first-order valence-electron chi connectivity index (χ1n) is 9.73. The molecule has 0 bridgehead atoms. The summed E-state index contributed by atoms with van der Waals surface area (Å²) in [5.74, 6) is 0.848. The fourth-order valence-electron chi connectivity index (χ4n) is 3.68. The third-order valence-electron chi connectivity index (χ3n) is 5.35. The fourth-order valence-corrected chi connectivity index (χ4v) is 4.48. The maximum absolute atomic E-state index is 12.7. The summed E-state index contributed by atoms with van der Waals surface area (Å²) in [4.78, 5) is 20.4. The van der Waals surface area contributed by atoms with Gasteiger partial charge in [-0.25, -0.2) is 4.98 Å². The number of carbonyl (C=O) groups is 1. The minimum atomic E-state index is -0.0129. The van der Waals surface area contributed by atoms with Crippen LogP contribution in [-0.4, -0.2) is 38.6 Å². The van der Waals surface area contributed by atoms with Crippen molar-refractivity contribution < 1.29 is 4.79 Å². The molecule has 0 aliphatic carbocycles. The number of imidazole rings is 1. The number of aromatic nitrogens is 4. The molecule has 1 aliphatic heterocycles. The number of nitrogens with zero attached hydrogens (tertiary/aromatic N) is 5. The molecular formula is C21H19ClN6OS. The van der Waals surface area contributed by atoms with Crippen LogP contribution in [0.3, 0.4) is 0 Å². The largest absolute Gasteiger partial charge is 0.355 e. The number of anilines is 2. The molecule has 4 heterocycles. The van der Waals surface area contributed by atoms with Gasteiger partial charge in [-0.2, -0.15) is 0 Å². The number of amides is 1. The number of nitrogens with one attached hydrogen (secondary N) is 1. The lowest BCUT2D eigenvalue weighted by molar-refractivity contribution is -0.120. The minimum absolute atomic E-state index is 0.0129. The van der Waals surface area contributed by atoms with Gasteiger partial charge in [-0.05, 0) is 37.1 Å². The van der Waals surface area contributed by atoms with E-state index >= 15 is 0 Å². The van der Waals surface area contributed by atoms with Gasteiger partial charge in [0, 0.05) is 48.0 Å². The summed E-state index contributed by atoms with van der Waals surface area (Å²) in [6, 6.07) is 11.4. The first-order valence-corrected chi connectivity index (χ1v) is 11.0. The smallest absolute Gasteiger partial charge is 0.227 e. The van der Waals surface area contributed by atoms with Gasteiger partial charge in [-0.3, -0.25) is 9.20 Å². The van der Waals surface area contributed by atoms with Gasteiger partial charge in [0.05, 0.1) is 5.69 Å². The van der Waals surface area contributed by atoms with Crippen LogP contribution >= 0.6 is 22.9 Å². The Balaban J connectivity index is 1.18. The summed E-state index contributed by atoms with van der Waals surface area (Å²) in [6.07, 6.45) is 5.56. The lowest BCUT2D eigenvalue weighted by atomic mass is 9.95. The van der Waals surface area contributed by atoms with Crippen molar-refractivity contribution in [3.63, 3.8) is 0 Å². The van der Waals surface area contributed by atoms with Gasteiger partial charge >= 0.3 is 0 Å². The van der Waals surface area contributed by atoms with E-state index in [9.17, 15) is 4.79 Å². The summed E-state index contributed by atoms with van der Waals surface area (Å²) >= 11 is 7.41. The van der Waals surface area contributed by atoms with E-state index in [1.54, 1.807) is 17.4 Å². The van der Waals surface area contributed by atoms with E-state index in [4.69, 9.17) is 11.6 Å². The molecule has 30 heavy (non-hydrogen) atoms. The molecule has 4 aromatic rings. The zero-order valence-electron chi connectivity index (χ0n) is 16.0. The van der Waals surface area contributed by atoms with Crippen LogP contribution in [0.5, 0.6) is 0 Å². The van der Waals surface area contributed by atoms with Crippen molar-refractivity contribution in [2.75, 3.05) is 23.3 Å². The SMILES string of the molecule is O=C(Nc1ccc(-c2cn3ccsc3n2)cc1)C1CCN(c2ccc(Cl)nn2)CC1.